The highest BCUT2D eigenvalue weighted by molar-refractivity contribution is 5.83. The van der Waals surface area contributed by atoms with Crippen LogP contribution in [0.15, 0.2) is 24.3 Å². The van der Waals surface area contributed by atoms with Crippen LogP contribution in [0.1, 0.15) is 31.2 Å². The second-order valence-electron chi connectivity index (χ2n) is 4.93. The first kappa shape index (κ1) is 17.0. The average Bonchev–Trinajstić information content (AvgIpc) is 2.45. The summed E-state index contributed by atoms with van der Waals surface area (Å²) in [5.74, 6) is -1.22. The number of aliphatic carboxylic acids is 1. The molecule has 1 amide bonds. The quantitative estimate of drug-likeness (QED) is 0.508. The first-order valence-electron chi connectivity index (χ1n) is 7.03. The molecule has 116 valence electrons. The Kier molecular flexibility index (Phi) is 7.25. The van der Waals surface area contributed by atoms with Gasteiger partial charge in [-0.25, -0.2) is 4.79 Å². The molecule has 1 atom stereocenters. The van der Waals surface area contributed by atoms with E-state index in [0.717, 1.165) is 18.4 Å². The molecule has 1 aromatic carbocycles. The second kappa shape index (κ2) is 8.97. The van der Waals surface area contributed by atoms with Gasteiger partial charge in [0.25, 0.3) is 0 Å². The molecule has 1 aromatic rings. The van der Waals surface area contributed by atoms with Crippen molar-refractivity contribution in [3.8, 4) is 5.75 Å². The van der Waals surface area contributed by atoms with E-state index < -0.39 is 12.0 Å². The Hall–Kier alpha value is -2.08. The van der Waals surface area contributed by atoms with Crippen LogP contribution in [0.2, 0.25) is 0 Å². The molecule has 0 bridgehead atoms. The van der Waals surface area contributed by atoms with Crippen LogP contribution in [0.3, 0.4) is 0 Å². The number of aromatic hydroxyl groups is 1. The molecule has 1 rings (SSSR count). The lowest BCUT2D eigenvalue weighted by Crippen LogP contribution is -2.42. The largest absolute Gasteiger partial charge is 0.508 e. The zero-order valence-electron chi connectivity index (χ0n) is 11.9. The van der Waals surface area contributed by atoms with Crippen molar-refractivity contribution in [3.63, 3.8) is 0 Å². The SMILES string of the molecule is NCCCCCC(=O)NC(Cc1ccc(O)cc1)C(=O)O. The fraction of sp³-hybridized carbons (Fsp3) is 0.467. The van der Waals surface area contributed by atoms with Gasteiger partial charge in [-0.15, -0.1) is 0 Å². The van der Waals surface area contributed by atoms with Crippen LogP contribution in [-0.2, 0) is 16.0 Å². The van der Waals surface area contributed by atoms with E-state index >= 15 is 0 Å². The zero-order valence-corrected chi connectivity index (χ0v) is 11.9. The molecule has 5 N–H and O–H groups in total. The summed E-state index contributed by atoms with van der Waals surface area (Å²) in [6.45, 7) is 0.597. The number of carbonyl (C=O) groups excluding carboxylic acids is 1. The van der Waals surface area contributed by atoms with Gasteiger partial charge >= 0.3 is 5.97 Å². The van der Waals surface area contributed by atoms with Crippen molar-refractivity contribution in [1.29, 1.82) is 0 Å². The van der Waals surface area contributed by atoms with Gasteiger partial charge < -0.3 is 21.3 Å². The summed E-state index contributed by atoms with van der Waals surface area (Å²) in [5.41, 5.74) is 6.11. The van der Waals surface area contributed by atoms with Gasteiger partial charge in [0.05, 0.1) is 0 Å². The highest BCUT2D eigenvalue weighted by Crippen LogP contribution is 2.11. The molecular formula is C15H22N2O4. The van der Waals surface area contributed by atoms with Crippen molar-refractivity contribution in [1.82, 2.24) is 5.32 Å². The smallest absolute Gasteiger partial charge is 0.326 e. The predicted octanol–water partition coefficient (Wildman–Crippen LogP) is 1.02. The highest BCUT2D eigenvalue weighted by atomic mass is 16.4. The van der Waals surface area contributed by atoms with E-state index in [0.29, 0.717) is 19.4 Å². The van der Waals surface area contributed by atoms with Crippen molar-refractivity contribution in [2.75, 3.05) is 6.54 Å². The minimum Gasteiger partial charge on any atom is -0.508 e. The summed E-state index contributed by atoms with van der Waals surface area (Å²) in [7, 11) is 0. The van der Waals surface area contributed by atoms with E-state index in [1.807, 2.05) is 0 Å². The number of nitrogens with one attached hydrogen (secondary N) is 1. The second-order valence-corrected chi connectivity index (χ2v) is 4.93. The van der Waals surface area contributed by atoms with Crippen molar-refractivity contribution < 1.29 is 19.8 Å². The molecule has 0 heterocycles. The Morgan fingerprint density at radius 1 is 1.14 bits per heavy atom. The molecule has 0 spiro atoms. The number of rotatable bonds is 9. The van der Waals surface area contributed by atoms with Crippen LogP contribution >= 0.6 is 0 Å². The molecule has 0 aliphatic heterocycles. The van der Waals surface area contributed by atoms with E-state index in [2.05, 4.69) is 5.32 Å². The van der Waals surface area contributed by atoms with Crippen LogP contribution in [-0.4, -0.2) is 34.7 Å². The fourth-order valence-corrected chi connectivity index (χ4v) is 1.94. The fourth-order valence-electron chi connectivity index (χ4n) is 1.94. The van der Waals surface area contributed by atoms with Gasteiger partial charge in [0.15, 0.2) is 0 Å². The normalized spacial score (nSPS) is 11.9. The van der Waals surface area contributed by atoms with Crippen molar-refractivity contribution in [3.05, 3.63) is 29.8 Å². The lowest BCUT2D eigenvalue weighted by Gasteiger charge is -2.14. The Morgan fingerprint density at radius 2 is 1.81 bits per heavy atom. The number of phenolic OH excluding ortho intramolecular Hbond substituents is 1. The molecule has 0 aliphatic rings. The highest BCUT2D eigenvalue weighted by Gasteiger charge is 2.20. The molecule has 0 fully saturated rings. The Morgan fingerprint density at radius 3 is 2.38 bits per heavy atom. The maximum absolute atomic E-state index is 11.7. The summed E-state index contributed by atoms with van der Waals surface area (Å²) < 4.78 is 0. The van der Waals surface area contributed by atoms with Gasteiger partial charge in [-0.3, -0.25) is 4.79 Å². The van der Waals surface area contributed by atoms with Gasteiger partial charge in [0, 0.05) is 12.8 Å². The number of benzene rings is 1. The molecule has 0 aromatic heterocycles. The molecule has 1 unspecified atom stereocenters. The Balaban J connectivity index is 2.48. The number of hydrogen-bond acceptors (Lipinski definition) is 4. The van der Waals surface area contributed by atoms with E-state index in [1.165, 1.54) is 12.1 Å². The van der Waals surface area contributed by atoms with Crippen molar-refractivity contribution in [2.24, 2.45) is 5.73 Å². The molecule has 0 radical (unpaired) electrons. The Bertz CT molecular complexity index is 459. The van der Waals surface area contributed by atoms with Crippen LogP contribution in [0.4, 0.5) is 0 Å². The minimum absolute atomic E-state index is 0.120. The van der Waals surface area contributed by atoms with Crippen molar-refractivity contribution in [2.45, 2.75) is 38.1 Å². The van der Waals surface area contributed by atoms with Crippen LogP contribution in [0.25, 0.3) is 0 Å². The molecule has 6 heteroatoms. The number of unbranched alkanes of at least 4 members (excludes halogenated alkanes) is 2. The Labute approximate surface area is 124 Å². The minimum atomic E-state index is -1.07. The summed E-state index contributed by atoms with van der Waals surface area (Å²) in [4.78, 5) is 22.9. The zero-order chi connectivity index (χ0) is 15.7. The third kappa shape index (κ3) is 6.76. The molecule has 0 saturated heterocycles. The van der Waals surface area contributed by atoms with Gasteiger partial charge in [-0.1, -0.05) is 18.6 Å². The molecule has 21 heavy (non-hydrogen) atoms. The first-order chi connectivity index (χ1) is 10.0. The maximum Gasteiger partial charge on any atom is 0.326 e. The summed E-state index contributed by atoms with van der Waals surface area (Å²) in [5, 5.41) is 20.9. The van der Waals surface area contributed by atoms with Crippen molar-refractivity contribution >= 4 is 11.9 Å². The number of carboxylic acid groups (broad SMARTS) is 1. The van der Waals surface area contributed by atoms with Crippen LogP contribution in [0.5, 0.6) is 5.75 Å². The maximum atomic E-state index is 11.7. The van der Waals surface area contributed by atoms with E-state index in [4.69, 9.17) is 10.8 Å². The standard InChI is InChI=1S/C15H22N2O4/c16-9-3-1-2-4-14(19)17-13(15(20)21)10-11-5-7-12(18)8-6-11/h5-8,13,18H,1-4,9-10,16H2,(H,17,19)(H,20,21). The van der Waals surface area contributed by atoms with Crippen LogP contribution in [0, 0.1) is 0 Å². The van der Waals surface area contributed by atoms with E-state index in [1.54, 1.807) is 12.1 Å². The monoisotopic (exact) mass is 294 g/mol. The number of phenols is 1. The van der Waals surface area contributed by atoms with Gasteiger partial charge in [0.2, 0.25) is 5.91 Å². The summed E-state index contributed by atoms with van der Waals surface area (Å²) in [6, 6.07) is 5.29. The third-order valence-corrected chi connectivity index (χ3v) is 3.12. The number of hydrogen-bond donors (Lipinski definition) is 4. The average molecular weight is 294 g/mol. The lowest BCUT2D eigenvalue weighted by atomic mass is 10.1. The van der Waals surface area contributed by atoms with E-state index in [9.17, 15) is 14.7 Å². The number of nitrogens with two attached hydrogens (primary N) is 1. The first-order valence-corrected chi connectivity index (χ1v) is 7.03. The van der Waals surface area contributed by atoms with Crippen LogP contribution < -0.4 is 11.1 Å². The summed E-state index contributed by atoms with van der Waals surface area (Å²) >= 11 is 0. The lowest BCUT2D eigenvalue weighted by molar-refractivity contribution is -0.141. The summed E-state index contributed by atoms with van der Waals surface area (Å²) in [6.07, 6.45) is 2.92. The topological polar surface area (TPSA) is 113 Å². The number of amides is 1. The molecule has 6 nitrogen and oxygen atoms in total. The van der Waals surface area contributed by atoms with E-state index in [-0.39, 0.29) is 18.1 Å². The third-order valence-electron chi connectivity index (χ3n) is 3.12. The van der Waals surface area contributed by atoms with Gasteiger partial charge in [-0.05, 0) is 37.1 Å². The number of carboxylic acids is 1. The molecular weight excluding hydrogens is 272 g/mol. The predicted molar refractivity (Wildman–Crippen MR) is 78.9 cm³/mol. The molecule has 0 aliphatic carbocycles. The van der Waals surface area contributed by atoms with Gasteiger partial charge in [0.1, 0.15) is 11.8 Å². The number of carbonyl (C=O) groups is 2. The van der Waals surface area contributed by atoms with Gasteiger partial charge in [-0.2, -0.15) is 0 Å². The molecule has 0 saturated carbocycles.